The molecule has 2 heterocycles. The Balaban J connectivity index is 1.49. The maximum atomic E-state index is 5.74. The van der Waals surface area contributed by atoms with Gasteiger partial charge >= 0.3 is 0 Å². The summed E-state index contributed by atoms with van der Waals surface area (Å²) in [7, 11) is 0. The Labute approximate surface area is 159 Å². The van der Waals surface area contributed by atoms with Gasteiger partial charge in [-0.25, -0.2) is 4.98 Å². The Kier molecular flexibility index (Phi) is 7.08. The lowest BCUT2D eigenvalue weighted by atomic mass is 10.1. The number of piperidine rings is 1. The third-order valence-corrected chi connectivity index (χ3v) is 5.42. The number of para-hydroxylation sites is 1. The van der Waals surface area contributed by atoms with Gasteiger partial charge in [0, 0.05) is 32.8 Å². The lowest BCUT2D eigenvalue weighted by molar-refractivity contribution is 0.0264. The molecular weight excluding hydrogens is 346 g/mol. The zero-order valence-corrected chi connectivity index (χ0v) is 16.5. The molecule has 1 fully saturated rings. The molecule has 0 atom stereocenters. The molecule has 6 nitrogen and oxygen atoms in total. The van der Waals surface area contributed by atoms with Crippen LogP contribution in [0.15, 0.2) is 29.3 Å². The quantitative estimate of drug-likeness (QED) is 0.442. The molecule has 1 aliphatic heterocycles. The maximum Gasteiger partial charge on any atom is 0.193 e. The molecule has 26 heavy (non-hydrogen) atoms. The van der Waals surface area contributed by atoms with E-state index in [-0.39, 0.29) is 0 Å². The SMILES string of the molecule is CCNC(=NCCNc1nc2ccccc2s1)N1CCC(OCC)CC1. The van der Waals surface area contributed by atoms with Crippen LogP contribution in [0.3, 0.4) is 0 Å². The first-order valence-electron chi connectivity index (χ1n) is 9.54. The van der Waals surface area contributed by atoms with Gasteiger partial charge in [-0.15, -0.1) is 0 Å². The van der Waals surface area contributed by atoms with Crippen LogP contribution in [0.4, 0.5) is 5.13 Å². The molecule has 0 aliphatic carbocycles. The largest absolute Gasteiger partial charge is 0.378 e. The first-order chi connectivity index (χ1) is 12.8. The summed E-state index contributed by atoms with van der Waals surface area (Å²) in [5.41, 5.74) is 1.05. The Hall–Kier alpha value is -1.86. The van der Waals surface area contributed by atoms with Crippen molar-refractivity contribution in [3.8, 4) is 0 Å². The Morgan fingerprint density at radius 1 is 1.31 bits per heavy atom. The number of rotatable bonds is 7. The van der Waals surface area contributed by atoms with Crippen molar-refractivity contribution in [2.45, 2.75) is 32.8 Å². The summed E-state index contributed by atoms with van der Waals surface area (Å²) in [6.07, 6.45) is 2.55. The summed E-state index contributed by atoms with van der Waals surface area (Å²) in [5.74, 6) is 1.01. The van der Waals surface area contributed by atoms with E-state index in [1.54, 1.807) is 11.3 Å². The van der Waals surface area contributed by atoms with Gasteiger partial charge in [-0.3, -0.25) is 4.99 Å². The van der Waals surface area contributed by atoms with Crippen molar-refractivity contribution in [1.29, 1.82) is 0 Å². The van der Waals surface area contributed by atoms with E-state index in [2.05, 4.69) is 40.4 Å². The molecule has 7 heteroatoms. The fourth-order valence-electron chi connectivity index (χ4n) is 3.17. The molecule has 1 aromatic heterocycles. The summed E-state index contributed by atoms with van der Waals surface area (Å²) in [5, 5.41) is 7.77. The number of fused-ring (bicyclic) bond motifs is 1. The molecule has 0 bridgehead atoms. The molecule has 1 aromatic carbocycles. The van der Waals surface area contributed by atoms with E-state index >= 15 is 0 Å². The smallest absolute Gasteiger partial charge is 0.193 e. The molecule has 0 spiro atoms. The van der Waals surface area contributed by atoms with E-state index < -0.39 is 0 Å². The molecule has 2 aromatic rings. The highest BCUT2D eigenvalue weighted by Gasteiger charge is 2.21. The number of ether oxygens (including phenoxy) is 1. The fourth-order valence-corrected chi connectivity index (χ4v) is 4.06. The maximum absolute atomic E-state index is 5.74. The van der Waals surface area contributed by atoms with Crippen LogP contribution < -0.4 is 10.6 Å². The number of hydrogen-bond acceptors (Lipinski definition) is 5. The molecule has 0 radical (unpaired) electrons. The summed E-state index contributed by atoms with van der Waals surface area (Å²) in [6.45, 7) is 9.38. The third kappa shape index (κ3) is 5.08. The zero-order chi connectivity index (χ0) is 18.2. The number of nitrogens with one attached hydrogen (secondary N) is 2. The van der Waals surface area contributed by atoms with Crippen LogP contribution in [0, 0.1) is 0 Å². The number of aromatic nitrogens is 1. The van der Waals surface area contributed by atoms with Gasteiger partial charge in [0.05, 0.1) is 22.9 Å². The van der Waals surface area contributed by atoms with Gasteiger partial charge < -0.3 is 20.3 Å². The molecule has 1 saturated heterocycles. The number of thiazole rings is 1. The lowest BCUT2D eigenvalue weighted by Crippen LogP contribution is -2.47. The van der Waals surface area contributed by atoms with Gasteiger partial charge in [0.15, 0.2) is 11.1 Å². The van der Waals surface area contributed by atoms with E-state index in [1.807, 2.05) is 18.2 Å². The summed E-state index contributed by atoms with van der Waals surface area (Å²) < 4.78 is 6.95. The number of anilines is 1. The molecule has 142 valence electrons. The predicted octanol–water partition coefficient (Wildman–Crippen LogP) is 3.17. The van der Waals surface area contributed by atoms with E-state index in [0.29, 0.717) is 6.10 Å². The zero-order valence-electron chi connectivity index (χ0n) is 15.7. The molecule has 3 rings (SSSR count). The van der Waals surface area contributed by atoms with E-state index in [4.69, 9.17) is 9.73 Å². The Morgan fingerprint density at radius 3 is 2.85 bits per heavy atom. The molecule has 0 saturated carbocycles. The second-order valence-electron chi connectivity index (χ2n) is 6.29. The monoisotopic (exact) mass is 375 g/mol. The average Bonchev–Trinajstić information content (AvgIpc) is 3.08. The number of nitrogens with zero attached hydrogens (tertiary/aromatic N) is 3. The number of aliphatic imine (C=N–C) groups is 1. The van der Waals surface area contributed by atoms with E-state index in [9.17, 15) is 0 Å². The van der Waals surface area contributed by atoms with Gasteiger partial charge in [-0.2, -0.15) is 0 Å². The molecule has 0 amide bonds. The minimum atomic E-state index is 0.403. The molecule has 0 unspecified atom stereocenters. The first-order valence-corrected chi connectivity index (χ1v) is 10.4. The Morgan fingerprint density at radius 2 is 2.12 bits per heavy atom. The van der Waals surface area contributed by atoms with Crippen molar-refractivity contribution < 1.29 is 4.74 Å². The second kappa shape index (κ2) is 9.73. The van der Waals surface area contributed by atoms with Crippen LogP contribution in [0.5, 0.6) is 0 Å². The Bertz CT molecular complexity index is 676. The number of hydrogen-bond donors (Lipinski definition) is 2. The fraction of sp³-hybridized carbons (Fsp3) is 0.579. The van der Waals surface area contributed by atoms with Gasteiger partial charge in [-0.05, 0) is 38.8 Å². The van der Waals surface area contributed by atoms with Crippen LogP contribution in [-0.2, 0) is 4.74 Å². The van der Waals surface area contributed by atoms with Crippen LogP contribution in [0.1, 0.15) is 26.7 Å². The van der Waals surface area contributed by atoms with Gasteiger partial charge in [-0.1, -0.05) is 23.5 Å². The predicted molar refractivity (Wildman–Crippen MR) is 110 cm³/mol. The van der Waals surface area contributed by atoms with Crippen molar-refractivity contribution in [3.63, 3.8) is 0 Å². The summed E-state index contributed by atoms with van der Waals surface area (Å²) in [4.78, 5) is 11.7. The van der Waals surface area contributed by atoms with Gasteiger partial charge in [0.25, 0.3) is 0 Å². The third-order valence-electron chi connectivity index (χ3n) is 4.42. The number of benzene rings is 1. The van der Waals surface area contributed by atoms with Crippen LogP contribution in [0.25, 0.3) is 10.2 Å². The van der Waals surface area contributed by atoms with E-state index in [1.165, 1.54) is 4.70 Å². The minimum absolute atomic E-state index is 0.403. The van der Waals surface area contributed by atoms with Crippen molar-refractivity contribution in [3.05, 3.63) is 24.3 Å². The minimum Gasteiger partial charge on any atom is -0.378 e. The van der Waals surface area contributed by atoms with Crippen molar-refractivity contribution in [2.24, 2.45) is 4.99 Å². The van der Waals surface area contributed by atoms with Gasteiger partial charge in [0.2, 0.25) is 0 Å². The summed E-state index contributed by atoms with van der Waals surface area (Å²) in [6, 6.07) is 8.22. The van der Waals surface area contributed by atoms with Crippen LogP contribution in [-0.4, -0.2) is 61.3 Å². The van der Waals surface area contributed by atoms with Crippen LogP contribution in [0.2, 0.25) is 0 Å². The molecule has 2 N–H and O–H groups in total. The number of guanidine groups is 1. The standard InChI is InChI=1S/C19H29N5OS/c1-3-20-18(24-13-9-15(10-14-24)25-4-2)21-11-12-22-19-23-16-7-5-6-8-17(16)26-19/h5-8,15H,3-4,9-14H2,1-2H3,(H,20,21)(H,22,23). The topological polar surface area (TPSA) is 61.8 Å². The highest BCUT2D eigenvalue weighted by molar-refractivity contribution is 7.22. The van der Waals surface area contributed by atoms with Crippen LogP contribution >= 0.6 is 11.3 Å². The van der Waals surface area contributed by atoms with Crippen molar-refractivity contribution >= 4 is 32.6 Å². The molecular formula is C19H29N5OS. The van der Waals surface area contributed by atoms with Crippen molar-refractivity contribution in [1.82, 2.24) is 15.2 Å². The summed E-state index contributed by atoms with van der Waals surface area (Å²) >= 11 is 1.69. The normalized spacial score (nSPS) is 16.2. The first kappa shape index (κ1) is 18.9. The van der Waals surface area contributed by atoms with E-state index in [0.717, 1.165) is 68.8 Å². The second-order valence-corrected chi connectivity index (χ2v) is 7.32. The van der Waals surface area contributed by atoms with Gasteiger partial charge in [0.1, 0.15) is 0 Å². The highest BCUT2D eigenvalue weighted by Crippen LogP contribution is 2.25. The van der Waals surface area contributed by atoms with Crippen molar-refractivity contribution in [2.75, 3.05) is 44.6 Å². The highest BCUT2D eigenvalue weighted by atomic mass is 32.1. The number of likely N-dealkylation sites (tertiary alicyclic amines) is 1. The lowest BCUT2D eigenvalue weighted by Gasteiger charge is -2.34. The average molecular weight is 376 g/mol. The molecule has 1 aliphatic rings.